The lowest BCUT2D eigenvalue weighted by Crippen LogP contribution is -2.46. The number of hydrogen-bond donors (Lipinski definition) is 4. The van der Waals surface area contributed by atoms with Crippen molar-refractivity contribution >= 4 is 35.1 Å². The molecule has 0 aromatic heterocycles. The van der Waals surface area contributed by atoms with Gasteiger partial charge in [0.2, 0.25) is 5.91 Å². The highest BCUT2D eigenvalue weighted by Crippen LogP contribution is 2.15. The summed E-state index contributed by atoms with van der Waals surface area (Å²) in [7, 11) is 0. The van der Waals surface area contributed by atoms with Crippen LogP contribution >= 0.6 is 11.8 Å². The molecule has 1 aliphatic rings. The summed E-state index contributed by atoms with van der Waals surface area (Å²) in [5, 5.41) is 8.46. The highest BCUT2D eigenvalue weighted by atomic mass is 32.2. The van der Waals surface area contributed by atoms with E-state index in [4.69, 9.17) is 5.73 Å². The Labute approximate surface area is 115 Å². The summed E-state index contributed by atoms with van der Waals surface area (Å²) in [6.07, 6.45) is 0. The lowest BCUT2D eigenvalue weighted by Gasteiger charge is -2.22. The van der Waals surface area contributed by atoms with Crippen LogP contribution in [0.4, 0.5) is 16.2 Å². The van der Waals surface area contributed by atoms with Crippen LogP contribution in [0, 0.1) is 0 Å². The fraction of sp³-hybridized carbons (Fsp3) is 0.333. The number of nitrogens with one attached hydrogen (secondary N) is 3. The average molecular weight is 280 g/mol. The van der Waals surface area contributed by atoms with Gasteiger partial charge in [0.1, 0.15) is 0 Å². The number of hydrogen-bond acceptors (Lipinski definition) is 4. The maximum atomic E-state index is 12.0. The molecule has 0 aliphatic carbocycles. The summed E-state index contributed by atoms with van der Waals surface area (Å²) < 4.78 is 0. The van der Waals surface area contributed by atoms with Crippen molar-refractivity contribution in [3.05, 3.63) is 24.3 Å². The van der Waals surface area contributed by atoms with Crippen LogP contribution < -0.4 is 21.7 Å². The fourth-order valence-corrected chi connectivity index (χ4v) is 2.68. The van der Waals surface area contributed by atoms with E-state index in [1.807, 2.05) is 0 Å². The van der Waals surface area contributed by atoms with E-state index < -0.39 is 6.03 Å². The van der Waals surface area contributed by atoms with Crippen molar-refractivity contribution < 1.29 is 9.59 Å². The zero-order valence-corrected chi connectivity index (χ0v) is 11.1. The molecule has 5 N–H and O–H groups in total. The molecule has 1 heterocycles. The van der Waals surface area contributed by atoms with Crippen LogP contribution in [-0.2, 0) is 4.79 Å². The number of amides is 3. The van der Waals surface area contributed by atoms with E-state index in [2.05, 4.69) is 16.0 Å². The van der Waals surface area contributed by atoms with Gasteiger partial charge in [-0.15, -0.1) is 0 Å². The number of nitrogens with two attached hydrogens (primary N) is 1. The third-order valence-electron chi connectivity index (χ3n) is 2.66. The third-order valence-corrected chi connectivity index (χ3v) is 3.72. The number of thioether (sulfide) groups is 1. The Hall–Kier alpha value is -1.73. The molecule has 3 amide bonds. The van der Waals surface area contributed by atoms with Gasteiger partial charge in [-0.05, 0) is 24.3 Å². The number of anilines is 2. The molecule has 1 atom stereocenters. The minimum absolute atomic E-state index is 0.0391. The Morgan fingerprint density at radius 3 is 2.37 bits per heavy atom. The topological polar surface area (TPSA) is 96.2 Å². The zero-order valence-electron chi connectivity index (χ0n) is 10.3. The maximum absolute atomic E-state index is 12.0. The van der Waals surface area contributed by atoms with Gasteiger partial charge in [0.05, 0.1) is 6.04 Å². The monoisotopic (exact) mass is 280 g/mol. The van der Waals surface area contributed by atoms with E-state index in [-0.39, 0.29) is 11.9 Å². The number of carbonyl (C=O) groups excluding carboxylic acids is 2. The molecule has 1 fully saturated rings. The van der Waals surface area contributed by atoms with E-state index in [0.29, 0.717) is 11.4 Å². The molecule has 7 heteroatoms. The number of primary amides is 1. The van der Waals surface area contributed by atoms with Crippen molar-refractivity contribution in [2.75, 3.05) is 28.7 Å². The van der Waals surface area contributed by atoms with Crippen molar-refractivity contribution in [1.29, 1.82) is 0 Å². The second-order valence-corrected chi connectivity index (χ2v) is 5.29. The highest BCUT2D eigenvalue weighted by molar-refractivity contribution is 7.99. The van der Waals surface area contributed by atoms with Crippen LogP contribution in [0.3, 0.4) is 0 Å². The predicted molar refractivity (Wildman–Crippen MR) is 77.4 cm³/mol. The second-order valence-electron chi connectivity index (χ2n) is 4.14. The van der Waals surface area contributed by atoms with Gasteiger partial charge in [0, 0.05) is 29.4 Å². The number of benzene rings is 1. The van der Waals surface area contributed by atoms with Crippen LogP contribution in [0.2, 0.25) is 0 Å². The van der Waals surface area contributed by atoms with Crippen LogP contribution in [0.5, 0.6) is 0 Å². The summed E-state index contributed by atoms with van der Waals surface area (Å²) in [6, 6.07) is 6.05. The molecule has 0 radical (unpaired) electrons. The molecule has 1 aliphatic heterocycles. The molecule has 1 unspecified atom stereocenters. The molecule has 0 bridgehead atoms. The van der Waals surface area contributed by atoms with Gasteiger partial charge in [0.25, 0.3) is 0 Å². The van der Waals surface area contributed by atoms with Gasteiger partial charge in [-0.2, -0.15) is 11.8 Å². The molecule has 1 aromatic rings. The largest absolute Gasteiger partial charge is 0.351 e. The number of carbonyl (C=O) groups is 2. The van der Waals surface area contributed by atoms with Crippen molar-refractivity contribution in [2.45, 2.75) is 6.04 Å². The molecular formula is C12H16N4O2S. The first kappa shape index (κ1) is 13.7. The summed E-state index contributed by atoms with van der Waals surface area (Å²) in [5.74, 6) is 1.78. The molecular weight excluding hydrogens is 264 g/mol. The molecule has 1 saturated heterocycles. The third kappa shape index (κ3) is 4.15. The summed E-state index contributed by atoms with van der Waals surface area (Å²) in [4.78, 5) is 22.6. The van der Waals surface area contributed by atoms with E-state index in [0.717, 1.165) is 18.1 Å². The van der Waals surface area contributed by atoms with Gasteiger partial charge in [0.15, 0.2) is 0 Å². The molecule has 102 valence electrons. The first-order valence-electron chi connectivity index (χ1n) is 5.93. The molecule has 2 rings (SSSR count). The minimum atomic E-state index is -0.611. The number of urea groups is 1. The minimum Gasteiger partial charge on any atom is -0.351 e. The van der Waals surface area contributed by atoms with Gasteiger partial charge in [-0.1, -0.05) is 0 Å². The Morgan fingerprint density at radius 2 is 1.84 bits per heavy atom. The SMILES string of the molecule is NC(=O)Nc1ccc(NC(=O)C2CSCCN2)cc1. The molecule has 0 spiro atoms. The lowest BCUT2D eigenvalue weighted by atomic mass is 10.2. The van der Waals surface area contributed by atoms with Gasteiger partial charge in [-0.3, -0.25) is 4.79 Å². The van der Waals surface area contributed by atoms with E-state index in [1.165, 1.54) is 0 Å². The second kappa shape index (κ2) is 6.44. The van der Waals surface area contributed by atoms with E-state index in [1.54, 1.807) is 36.0 Å². The van der Waals surface area contributed by atoms with Gasteiger partial charge in [-0.25, -0.2) is 4.79 Å². The van der Waals surface area contributed by atoms with Gasteiger partial charge >= 0.3 is 6.03 Å². The van der Waals surface area contributed by atoms with Crippen LogP contribution in [-0.4, -0.2) is 36.0 Å². The maximum Gasteiger partial charge on any atom is 0.316 e. The zero-order chi connectivity index (χ0) is 13.7. The van der Waals surface area contributed by atoms with Crippen molar-refractivity contribution in [1.82, 2.24) is 5.32 Å². The van der Waals surface area contributed by atoms with Crippen molar-refractivity contribution in [2.24, 2.45) is 5.73 Å². The molecule has 0 saturated carbocycles. The summed E-state index contributed by atoms with van der Waals surface area (Å²) >= 11 is 1.77. The van der Waals surface area contributed by atoms with E-state index >= 15 is 0 Å². The lowest BCUT2D eigenvalue weighted by molar-refractivity contribution is -0.117. The average Bonchev–Trinajstić information content (AvgIpc) is 2.41. The Balaban J connectivity index is 1.91. The van der Waals surface area contributed by atoms with Crippen molar-refractivity contribution in [3.8, 4) is 0 Å². The van der Waals surface area contributed by atoms with Crippen LogP contribution in [0.25, 0.3) is 0 Å². The smallest absolute Gasteiger partial charge is 0.316 e. The first-order chi connectivity index (χ1) is 9.15. The molecule has 6 nitrogen and oxygen atoms in total. The van der Waals surface area contributed by atoms with Crippen LogP contribution in [0.15, 0.2) is 24.3 Å². The summed E-state index contributed by atoms with van der Waals surface area (Å²) in [5.41, 5.74) is 6.30. The summed E-state index contributed by atoms with van der Waals surface area (Å²) in [6.45, 7) is 0.851. The van der Waals surface area contributed by atoms with Crippen molar-refractivity contribution in [3.63, 3.8) is 0 Å². The Kier molecular flexibility index (Phi) is 4.64. The Morgan fingerprint density at radius 1 is 1.21 bits per heavy atom. The number of rotatable bonds is 3. The predicted octanol–water partition coefficient (Wildman–Crippen LogP) is 0.821. The van der Waals surface area contributed by atoms with Crippen LogP contribution in [0.1, 0.15) is 0 Å². The standard InChI is InChI=1S/C12H16N4O2S/c13-12(18)16-9-3-1-8(2-4-9)15-11(17)10-7-19-6-5-14-10/h1-4,10,14H,5-7H2,(H,15,17)(H3,13,16,18). The normalized spacial score (nSPS) is 18.6. The van der Waals surface area contributed by atoms with Gasteiger partial charge < -0.3 is 21.7 Å². The Bertz CT molecular complexity index is 457. The fourth-order valence-electron chi connectivity index (χ4n) is 1.74. The molecule has 19 heavy (non-hydrogen) atoms. The highest BCUT2D eigenvalue weighted by Gasteiger charge is 2.20. The van der Waals surface area contributed by atoms with E-state index in [9.17, 15) is 9.59 Å². The molecule has 1 aromatic carbocycles. The first-order valence-corrected chi connectivity index (χ1v) is 7.09. The quantitative estimate of drug-likeness (QED) is 0.659.